The van der Waals surface area contributed by atoms with Crippen molar-refractivity contribution >= 4 is 29.1 Å². The Kier molecular flexibility index (Phi) is 3.40. The van der Waals surface area contributed by atoms with E-state index in [2.05, 4.69) is 6.58 Å². The highest BCUT2D eigenvalue weighted by Gasteiger charge is 2.24. The van der Waals surface area contributed by atoms with E-state index in [1.165, 1.54) is 4.90 Å². The van der Waals surface area contributed by atoms with E-state index in [1.807, 2.05) is 6.07 Å². The van der Waals surface area contributed by atoms with Crippen LogP contribution in [0, 0.1) is 0 Å². The van der Waals surface area contributed by atoms with E-state index in [0.717, 1.165) is 11.1 Å². The minimum absolute atomic E-state index is 0.274. The molecule has 1 aromatic rings. The van der Waals surface area contributed by atoms with E-state index in [1.54, 1.807) is 6.07 Å². The molecule has 1 aliphatic heterocycles. The summed E-state index contributed by atoms with van der Waals surface area (Å²) in [5, 5.41) is 0.880. The predicted octanol–water partition coefficient (Wildman–Crippen LogP) is 3.36. The largest absolute Gasteiger partial charge is 0.332 e. The zero-order valence-corrected chi connectivity index (χ0v) is 10.5. The first-order valence-corrected chi connectivity index (χ1v) is 5.85. The van der Waals surface area contributed by atoms with E-state index in [0.29, 0.717) is 23.0 Å². The molecule has 0 spiro atoms. The fourth-order valence-corrected chi connectivity index (χ4v) is 2.33. The summed E-state index contributed by atoms with van der Waals surface area (Å²) in [6, 6.07) is 3.61. The second-order valence-corrected chi connectivity index (χ2v) is 4.67. The van der Waals surface area contributed by atoms with E-state index in [-0.39, 0.29) is 6.54 Å². The van der Waals surface area contributed by atoms with Crippen molar-refractivity contribution in [1.29, 1.82) is 0 Å². The Bertz CT molecular complexity index is 502. The quantitative estimate of drug-likeness (QED) is 0.719. The molecule has 0 fully saturated rings. The van der Waals surface area contributed by atoms with Gasteiger partial charge in [-0.3, -0.25) is 4.79 Å². The first-order chi connectivity index (χ1) is 8.00. The van der Waals surface area contributed by atoms with Gasteiger partial charge in [0.2, 0.25) is 0 Å². The highest BCUT2D eigenvalue weighted by molar-refractivity contribution is 6.42. The van der Waals surface area contributed by atoms with Crippen LogP contribution in [0.25, 0.3) is 0 Å². The summed E-state index contributed by atoms with van der Waals surface area (Å²) in [4.78, 5) is 12.9. The number of carbonyl (C=O) groups excluding carboxylic acids is 1. The molecule has 2 rings (SSSR count). The normalized spacial score (nSPS) is 14.4. The van der Waals surface area contributed by atoms with E-state index in [9.17, 15) is 9.18 Å². The maximum Gasteiger partial charge on any atom is 0.282 e. The summed E-state index contributed by atoms with van der Waals surface area (Å²) in [6.45, 7) is 3.75. The SMILES string of the molecule is C=C(F)C(=O)N1CCc2ccc(Cl)c(Cl)c2C1. The molecule has 0 bridgehead atoms. The van der Waals surface area contributed by atoms with Crippen molar-refractivity contribution in [2.24, 2.45) is 0 Å². The smallest absolute Gasteiger partial charge is 0.282 e. The van der Waals surface area contributed by atoms with Gasteiger partial charge in [-0.15, -0.1) is 0 Å². The van der Waals surface area contributed by atoms with E-state index < -0.39 is 11.7 Å². The highest BCUT2D eigenvalue weighted by Crippen LogP contribution is 2.32. The number of amides is 1. The third-order valence-corrected chi connectivity index (χ3v) is 3.66. The molecule has 0 aliphatic carbocycles. The Morgan fingerprint density at radius 3 is 2.76 bits per heavy atom. The molecule has 0 radical (unpaired) electrons. The fourth-order valence-electron chi connectivity index (χ4n) is 1.91. The number of fused-ring (bicyclic) bond motifs is 1. The zero-order valence-electron chi connectivity index (χ0n) is 8.97. The number of rotatable bonds is 1. The maximum atomic E-state index is 12.8. The number of hydrogen-bond donors (Lipinski definition) is 0. The van der Waals surface area contributed by atoms with Crippen molar-refractivity contribution in [3.8, 4) is 0 Å². The molecule has 0 saturated carbocycles. The minimum atomic E-state index is -0.952. The molecule has 17 heavy (non-hydrogen) atoms. The first kappa shape index (κ1) is 12.4. The Balaban J connectivity index is 2.32. The van der Waals surface area contributed by atoms with Gasteiger partial charge in [-0.1, -0.05) is 35.8 Å². The van der Waals surface area contributed by atoms with Gasteiger partial charge in [0.15, 0.2) is 5.83 Å². The van der Waals surface area contributed by atoms with Gasteiger partial charge in [0.05, 0.1) is 10.0 Å². The molecular weight excluding hydrogens is 264 g/mol. The summed E-state index contributed by atoms with van der Waals surface area (Å²) in [5.74, 6) is -1.64. The molecule has 0 aromatic heterocycles. The summed E-state index contributed by atoms with van der Waals surface area (Å²) >= 11 is 12.0. The van der Waals surface area contributed by atoms with Crippen molar-refractivity contribution in [3.05, 3.63) is 45.7 Å². The lowest BCUT2D eigenvalue weighted by Gasteiger charge is -2.29. The number of hydrogen-bond acceptors (Lipinski definition) is 1. The molecule has 1 heterocycles. The summed E-state index contributed by atoms with van der Waals surface area (Å²) in [5.41, 5.74) is 1.84. The van der Waals surface area contributed by atoms with Crippen LogP contribution in [0.5, 0.6) is 0 Å². The molecule has 2 nitrogen and oxygen atoms in total. The van der Waals surface area contributed by atoms with Gasteiger partial charge in [-0.25, -0.2) is 4.39 Å². The van der Waals surface area contributed by atoms with Gasteiger partial charge in [0.1, 0.15) is 0 Å². The molecule has 0 saturated heterocycles. The van der Waals surface area contributed by atoms with Crippen molar-refractivity contribution < 1.29 is 9.18 Å². The van der Waals surface area contributed by atoms with Crippen LogP contribution in [0.4, 0.5) is 4.39 Å². The van der Waals surface area contributed by atoms with Gasteiger partial charge in [0.25, 0.3) is 5.91 Å². The Morgan fingerprint density at radius 2 is 2.12 bits per heavy atom. The molecular formula is C12H10Cl2FNO. The molecule has 0 unspecified atom stereocenters. The van der Waals surface area contributed by atoms with Crippen molar-refractivity contribution in [1.82, 2.24) is 4.90 Å². The summed E-state index contributed by atoms with van der Waals surface area (Å²) < 4.78 is 12.8. The average Bonchev–Trinajstić information content (AvgIpc) is 2.32. The van der Waals surface area contributed by atoms with E-state index in [4.69, 9.17) is 23.2 Å². The molecule has 5 heteroatoms. The zero-order chi connectivity index (χ0) is 12.6. The third kappa shape index (κ3) is 2.31. The van der Waals surface area contributed by atoms with Crippen LogP contribution in [-0.2, 0) is 17.8 Å². The van der Waals surface area contributed by atoms with Gasteiger partial charge < -0.3 is 4.90 Å². The number of carbonyl (C=O) groups is 1. The molecule has 1 aliphatic rings. The van der Waals surface area contributed by atoms with E-state index >= 15 is 0 Å². The lowest BCUT2D eigenvalue weighted by Crippen LogP contribution is -2.36. The molecule has 0 atom stereocenters. The van der Waals surface area contributed by atoms with Crippen LogP contribution < -0.4 is 0 Å². The lowest BCUT2D eigenvalue weighted by molar-refractivity contribution is -0.129. The average molecular weight is 274 g/mol. The van der Waals surface area contributed by atoms with Gasteiger partial charge >= 0.3 is 0 Å². The lowest BCUT2D eigenvalue weighted by atomic mass is 9.99. The third-order valence-electron chi connectivity index (χ3n) is 2.81. The maximum absolute atomic E-state index is 12.8. The van der Waals surface area contributed by atoms with Crippen molar-refractivity contribution in [2.45, 2.75) is 13.0 Å². The van der Waals surface area contributed by atoms with Crippen molar-refractivity contribution in [2.75, 3.05) is 6.54 Å². The van der Waals surface area contributed by atoms with Crippen molar-refractivity contribution in [3.63, 3.8) is 0 Å². The first-order valence-electron chi connectivity index (χ1n) is 5.10. The van der Waals surface area contributed by atoms with Crippen LogP contribution in [0.15, 0.2) is 24.5 Å². The number of halogens is 3. The van der Waals surface area contributed by atoms with Crippen LogP contribution >= 0.6 is 23.2 Å². The van der Waals surface area contributed by atoms with Gasteiger partial charge in [0, 0.05) is 13.1 Å². The number of nitrogens with zero attached hydrogens (tertiary/aromatic N) is 1. The van der Waals surface area contributed by atoms with Crippen LogP contribution in [0.2, 0.25) is 10.0 Å². The number of benzene rings is 1. The summed E-state index contributed by atoms with van der Waals surface area (Å²) in [6.07, 6.45) is 0.644. The Labute approximate surface area is 109 Å². The molecule has 0 N–H and O–H groups in total. The Hall–Kier alpha value is -1.06. The predicted molar refractivity (Wildman–Crippen MR) is 65.8 cm³/mol. The monoisotopic (exact) mass is 273 g/mol. The second-order valence-electron chi connectivity index (χ2n) is 3.88. The van der Waals surface area contributed by atoms with Crippen LogP contribution in [0.1, 0.15) is 11.1 Å². The van der Waals surface area contributed by atoms with Crippen LogP contribution in [0.3, 0.4) is 0 Å². The molecule has 1 amide bonds. The molecule has 1 aromatic carbocycles. The fraction of sp³-hybridized carbons (Fsp3) is 0.250. The topological polar surface area (TPSA) is 20.3 Å². The van der Waals surface area contributed by atoms with Gasteiger partial charge in [-0.05, 0) is 23.6 Å². The second kappa shape index (κ2) is 4.67. The highest BCUT2D eigenvalue weighted by atomic mass is 35.5. The van der Waals surface area contributed by atoms with Crippen LogP contribution in [-0.4, -0.2) is 17.4 Å². The minimum Gasteiger partial charge on any atom is -0.332 e. The Morgan fingerprint density at radius 1 is 1.41 bits per heavy atom. The van der Waals surface area contributed by atoms with Gasteiger partial charge in [-0.2, -0.15) is 0 Å². The molecule has 90 valence electrons. The summed E-state index contributed by atoms with van der Waals surface area (Å²) in [7, 11) is 0. The standard InChI is InChI=1S/C12H10Cl2FNO/c1-7(15)12(17)16-5-4-8-2-3-10(13)11(14)9(8)6-16/h2-3H,1,4-6H2.